The van der Waals surface area contributed by atoms with Gasteiger partial charge in [0.25, 0.3) is 0 Å². The summed E-state index contributed by atoms with van der Waals surface area (Å²) in [6.07, 6.45) is 0. The van der Waals surface area contributed by atoms with E-state index in [-0.39, 0.29) is 0 Å². The maximum absolute atomic E-state index is 2.38. The van der Waals surface area contributed by atoms with Crippen LogP contribution in [0, 0.1) is 0 Å². The molecule has 0 N–H and O–H groups in total. The fourth-order valence-corrected chi connectivity index (χ4v) is 9.50. The fourth-order valence-electron chi connectivity index (χ4n) is 9.50. The Bertz CT molecular complexity index is 3410. The summed E-state index contributed by atoms with van der Waals surface area (Å²) in [5.41, 5.74) is 15.9. The van der Waals surface area contributed by atoms with Crippen LogP contribution < -0.4 is 4.90 Å². The second-order valence-electron chi connectivity index (χ2n) is 15.7. The minimum absolute atomic E-state index is 1.11. The Morgan fingerprint density at radius 3 is 1.39 bits per heavy atom. The van der Waals surface area contributed by atoms with Gasteiger partial charge in [-0.2, -0.15) is 0 Å². The third-order valence-corrected chi connectivity index (χ3v) is 12.4. The molecule has 0 atom stereocenters. The lowest BCUT2D eigenvalue weighted by molar-refractivity contribution is 1.28. The normalized spacial score (nSPS) is 11.7. The molecule has 11 aromatic rings. The van der Waals surface area contributed by atoms with Gasteiger partial charge in [0, 0.05) is 17.1 Å². The number of hydrogen-bond donors (Lipinski definition) is 0. The zero-order valence-electron chi connectivity index (χ0n) is 32.3. The number of fused-ring (bicyclic) bond motifs is 7. The third kappa shape index (κ3) is 5.55. The van der Waals surface area contributed by atoms with Crippen molar-refractivity contribution in [1.29, 1.82) is 0 Å². The molecule has 0 fully saturated rings. The van der Waals surface area contributed by atoms with Crippen LogP contribution in [0.4, 0.5) is 17.1 Å². The number of anilines is 3. The number of rotatable bonds is 6. The second-order valence-corrected chi connectivity index (χ2v) is 15.7. The first-order valence-electron chi connectivity index (χ1n) is 20.4. The van der Waals surface area contributed by atoms with Gasteiger partial charge in [0.05, 0.1) is 0 Å². The van der Waals surface area contributed by atoms with Gasteiger partial charge in [-0.25, -0.2) is 0 Å². The lowest BCUT2D eigenvalue weighted by Gasteiger charge is -2.26. The summed E-state index contributed by atoms with van der Waals surface area (Å²) in [5, 5.41) is 10.2. The van der Waals surface area contributed by atoms with Gasteiger partial charge in [0.15, 0.2) is 0 Å². The number of nitrogens with zero attached hydrogens (tertiary/aromatic N) is 1. The van der Waals surface area contributed by atoms with Crippen LogP contribution in [0.1, 0.15) is 0 Å². The maximum Gasteiger partial charge on any atom is 0.0462 e. The van der Waals surface area contributed by atoms with Gasteiger partial charge in [-0.1, -0.05) is 170 Å². The lowest BCUT2D eigenvalue weighted by Crippen LogP contribution is -2.09. The molecule has 0 heterocycles. The van der Waals surface area contributed by atoms with E-state index in [1.165, 1.54) is 98.7 Å². The van der Waals surface area contributed by atoms with Crippen molar-refractivity contribution in [3.8, 4) is 55.6 Å². The molecule has 0 aromatic heterocycles. The molecule has 0 aliphatic heterocycles. The average molecular weight is 748 g/mol. The molecule has 0 spiro atoms. The average Bonchev–Trinajstić information content (AvgIpc) is 3.63. The van der Waals surface area contributed by atoms with Crippen molar-refractivity contribution < 1.29 is 0 Å². The quantitative estimate of drug-likeness (QED) is 0.153. The van der Waals surface area contributed by atoms with Crippen molar-refractivity contribution in [1.82, 2.24) is 0 Å². The predicted octanol–water partition coefficient (Wildman–Crippen LogP) is 16.4. The molecule has 12 rings (SSSR count). The van der Waals surface area contributed by atoms with E-state index in [1.807, 2.05) is 0 Å². The zero-order chi connectivity index (χ0) is 38.9. The molecule has 0 saturated heterocycles. The van der Waals surface area contributed by atoms with Gasteiger partial charge >= 0.3 is 0 Å². The standard InChI is InChI=1S/C58H37N/c1-3-13-50-40(9-1)11-7-17-52(50)42-25-32-49(33-26-42)59(47-28-21-38(22-29-47)43-27-34-53-44(35-43)20-19-41-10-2-4-14-51(41)53)48-30-23-39(24-31-48)46-36-45-12-8-18-56-54-15-5-6-16-55(54)57(37-46)58(45)56/h1-37H. The molecule has 0 saturated carbocycles. The molecule has 59 heavy (non-hydrogen) atoms. The molecular formula is C58H37N. The smallest absolute Gasteiger partial charge is 0.0462 e. The Morgan fingerprint density at radius 2 is 0.678 bits per heavy atom. The number of hydrogen-bond acceptors (Lipinski definition) is 1. The maximum atomic E-state index is 2.38. The van der Waals surface area contributed by atoms with Gasteiger partial charge in [0.1, 0.15) is 0 Å². The van der Waals surface area contributed by atoms with E-state index >= 15 is 0 Å². The summed E-state index contributed by atoms with van der Waals surface area (Å²) >= 11 is 0. The molecule has 1 heteroatoms. The molecule has 0 bridgehead atoms. The topological polar surface area (TPSA) is 3.24 Å². The van der Waals surface area contributed by atoms with Crippen molar-refractivity contribution in [3.05, 3.63) is 224 Å². The minimum Gasteiger partial charge on any atom is -0.311 e. The predicted molar refractivity (Wildman–Crippen MR) is 252 cm³/mol. The highest BCUT2D eigenvalue weighted by atomic mass is 15.1. The van der Waals surface area contributed by atoms with Crippen LogP contribution in [0.2, 0.25) is 0 Å². The summed E-state index contributed by atoms with van der Waals surface area (Å²) in [6, 6.07) is 82.5. The van der Waals surface area contributed by atoms with E-state index in [9.17, 15) is 0 Å². The highest BCUT2D eigenvalue weighted by Gasteiger charge is 2.22. The Balaban J connectivity index is 0.933. The van der Waals surface area contributed by atoms with Gasteiger partial charge in [-0.15, -0.1) is 0 Å². The van der Waals surface area contributed by atoms with E-state index < -0.39 is 0 Å². The molecule has 11 aromatic carbocycles. The van der Waals surface area contributed by atoms with Crippen LogP contribution in [0.25, 0.3) is 98.7 Å². The summed E-state index contributed by atoms with van der Waals surface area (Å²) in [6.45, 7) is 0. The Morgan fingerprint density at radius 1 is 0.220 bits per heavy atom. The van der Waals surface area contributed by atoms with E-state index in [0.717, 1.165) is 17.1 Å². The molecule has 0 radical (unpaired) electrons. The third-order valence-electron chi connectivity index (χ3n) is 12.4. The Kier molecular flexibility index (Phi) is 7.61. The molecule has 1 aliphatic rings. The Labute approximate surface area is 343 Å². The number of benzene rings is 11. The highest BCUT2D eigenvalue weighted by Crippen LogP contribution is 2.49. The monoisotopic (exact) mass is 747 g/mol. The van der Waals surface area contributed by atoms with Gasteiger partial charge in [-0.05, 0) is 153 Å². The molecule has 1 nitrogen and oxygen atoms in total. The van der Waals surface area contributed by atoms with Crippen molar-refractivity contribution in [2.75, 3.05) is 4.90 Å². The first-order valence-corrected chi connectivity index (χ1v) is 20.4. The Hall–Kier alpha value is -7.74. The van der Waals surface area contributed by atoms with Crippen LogP contribution in [-0.4, -0.2) is 0 Å². The highest BCUT2D eigenvalue weighted by molar-refractivity contribution is 6.16. The van der Waals surface area contributed by atoms with E-state index in [0.29, 0.717) is 0 Å². The van der Waals surface area contributed by atoms with Crippen LogP contribution in [0.5, 0.6) is 0 Å². The van der Waals surface area contributed by atoms with Crippen molar-refractivity contribution in [2.24, 2.45) is 0 Å². The lowest BCUT2D eigenvalue weighted by atomic mass is 9.96. The summed E-state index contributed by atoms with van der Waals surface area (Å²) in [7, 11) is 0. The van der Waals surface area contributed by atoms with E-state index in [2.05, 4.69) is 229 Å². The van der Waals surface area contributed by atoms with E-state index in [1.54, 1.807) is 0 Å². The molecule has 274 valence electrons. The zero-order valence-corrected chi connectivity index (χ0v) is 32.3. The molecule has 0 amide bonds. The van der Waals surface area contributed by atoms with Gasteiger partial charge in [0.2, 0.25) is 0 Å². The fraction of sp³-hybridized carbons (Fsp3) is 0. The molecule has 1 aliphatic carbocycles. The summed E-state index contributed by atoms with van der Waals surface area (Å²) in [4.78, 5) is 2.37. The van der Waals surface area contributed by atoms with Crippen LogP contribution in [-0.2, 0) is 0 Å². The first kappa shape index (κ1) is 33.4. The van der Waals surface area contributed by atoms with Crippen LogP contribution >= 0.6 is 0 Å². The van der Waals surface area contributed by atoms with Gasteiger partial charge in [-0.3, -0.25) is 0 Å². The van der Waals surface area contributed by atoms with E-state index in [4.69, 9.17) is 0 Å². The first-order chi connectivity index (χ1) is 29.2. The second kappa shape index (κ2) is 13.4. The summed E-state index contributed by atoms with van der Waals surface area (Å²) in [5.74, 6) is 0. The van der Waals surface area contributed by atoms with Crippen LogP contribution in [0.3, 0.4) is 0 Å². The van der Waals surface area contributed by atoms with Crippen LogP contribution in [0.15, 0.2) is 224 Å². The largest absolute Gasteiger partial charge is 0.311 e. The SMILES string of the molecule is c1ccc2c(c1)-c1cccc3cc(-c4ccc(N(c5ccc(-c6ccc7c(ccc8ccccc87)c6)cc5)c5ccc(-c6cccc7ccccc67)cc5)cc4)cc-2c13. The summed E-state index contributed by atoms with van der Waals surface area (Å²) < 4.78 is 0. The molecule has 0 unspecified atom stereocenters. The van der Waals surface area contributed by atoms with Crippen molar-refractivity contribution >= 4 is 60.2 Å². The van der Waals surface area contributed by atoms with Crippen molar-refractivity contribution in [3.63, 3.8) is 0 Å². The van der Waals surface area contributed by atoms with Crippen molar-refractivity contribution in [2.45, 2.75) is 0 Å². The van der Waals surface area contributed by atoms with Gasteiger partial charge < -0.3 is 4.90 Å². The molecular weight excluding hydrogens is 711 g/mol. The minimum atomic E-state index is 1.11.